The molecule has 1 aromatic carbocycles. The first kappa shape index (κ1) is 10.9. The second-order valence-electron chi connectivity index (χ2n) is 3.90. The van der Waals surface area contributed by atoms with Crippen molar-refractivity contribution in [3.63, 3.8) is 0 Å². The molecule has 16 heavy (non-hydrogen) atoms. The van der Waals surface area contributed by atoms with Gasteiger partial charge in [-0.3, -0.25) is 0 Å². The Kier molecular flexibility index (Phi) is 3.37. The fraction of sp³-hybridized carbons (Fsp3) is 0.308. The number of hydrogen-bond acceptors (Lipinski definition) is 2. The molecule has 0 bridgehead atoms. The topological polar surface area (TPSA) is 43.8 Å². The Bertz CT molecular complexity index is 433. The van der Waals surface area contributed by atoms with E-state index in [0.29, 0.717) is 0 Å². The molecule has 1 heterocycles. The van der Waals surface area contributed by atoms with Crippen LogP contribution in [0.1, 0.15) is 24.2 Å². The van der Waals surface area contributed by atoms with Crippen molar-refractivity contribution < 1.29 is 0 Å². The van der Waals surface area contributed by atoms with Crippen LogP contribution in [0.4, 0.5) is 0 Å². The lowest BCUT2D eigenvalue weighted by Crippen LogP contribution is -2.17. The first-order chi connectivity index (χ1) is 7.81. The molecule has 2 rings (SSSR count). The van der Waals surface area contributed by atoms with Crippen LogP contribution in [-0.2, 0) is 13.0 Å². The van der Waals surface area contributed by atoms with E-state index < -0.39 is 0 Å². The Balaban J connectivity index is 2.11. The number of rotatable bonds is 4. The van der Waals surface area contributed by atoms with Crippen molar-refractivity contribution in [2.45, 2.75) is 25.9 Å². The van der Waals surface area contributed by atoms with E-state index in [-0.39, 0.29) is 6.04 Å². The van der Waals surface area contributed by atoms with E-state index in [1.54, 1.807) is 0 Å². The Morgan fingerprint density at radius 2 is 2.06 bits per heavy atom. The van der Waals surface area contributed by atoms with Crippen molar-refractivity contribution in [1.82, 2.24) is 9.55 Å². The molecule has 0 aliphatic rings. The third kappa shape index (κ3) is 2.31. The van der Waals surface area contributed by atoms with E-state index in [1.807, 2.05) is 30.7 Å². The number of nitrogens with two attached hydrogens (primary N) is 1. The van der Waals surface area contributed by atoms with Gasteiger partial charge in [0.05, 0.1) is 18.1 Å². The van der Waals surface area contributed by atoms with Crippen LogP contribution in [0.5, 0.6) is 0 Å². The summed E-state index contributed by atoms with van der Waals surface area (Å²) in [6.45, 7) is 3.01. The number of aromatic nitrogens is 2. The summed E-state index contributed by atoms with van der Waals surface area (Å²) >= 11 is 0. The van der Waals surface area contributed by atoms with Gasteiger partial charge in [0.25, 0.3) is 0 Å². The lowest BCUT2D eigenvalue weighted by Gasteiger charge is -2.13. The standard InChI is InChI=1S/C13H17N3/c1-2-16-10-15-9-13(16)12(14)8-11-6-4-3-5-7-11/h3-7,9-10,12H,2,8,14H2,1H3/t12-/m1/s1. The van der Waals surface area contributed by atoms with Crippen molar-refractivity contribution in [1.29, 1.82) is 0 Å². The number of imidazole rings is 1. The highest BCUT2D eigenvalue weighted by Crippen LogP contribution is 2.15. The third-order valence-electron chi connectivity index (χ3n) is 2.76. The zero-order chi connectivity index (χ0) is 11.4. The van der Waals surface area contributed by atoms with Crippen LogP contribution in [0.2, 0.25) is 0 Å². The molecule has 1 aromatic heterocycles. The summed E-state index contributed by atoms with van der Waals surface area (Å²) in [5.41, 5.74) is 8.55. The normalized spacial score (nSPS) is 12.6. The van der Waals surface area contributed by atoms with Gasteiger partial charge in [-0.25, -0.2) is 4.98 Å². The first-order valence-corrected chi connectivity index (χ1v) is 5.60. The van der Waals surface area contributed by atoms with Gasteiger partial charge >= 0.3 is 0 Å². The molecule has 3 heteroatoms. The van der Waals surface area contributed by atoms with Gasteiger partial charge in [0.15, 0.2) is 0 Å². The highest BCUT2D eigenvalue weighted by Gasteiger charge is 2.11. The van der Waals surface area contributed by atoms with Gasteiger partial charge in [0.1, 0.15) is 0 Å². The summed E-state index contributed by atoms with van der Waals surface area (Å²) in [5, 5.41) is 0. The molecule has 0 aliphatic heterocycles. The number of hydrogen-bond donors (Lipinski definition) is 1. The summed E-state index contributed by atoms with van der Waals surface area (Å²) < 4.78 is 2.09. The molecular weight excluding hydrogens is 198 g/mol. The molecular formula is C13H17N3. The molecule has 3 nitrogen and oxygen atoms in total. The second kappa shape index (κ2) is 4.94. The summed E-state index contributed by atoms with van der Waals surface area (Å²) in [5.74, 6) is 0. The molecule has 0 amide bonds. The molecule has 2 aromatic rings. The average molecular weight is 215 g/mol. The molecule has 0 radical (unpaired) electrons. The maximum Gasteiger partial charge on any atom is 0.0948 e. The Morgan fingerprint density at radius 1 is 1.31 bits per heavy atom. The van der Waals surface area contributed by atoms with Crippen LogP contribution in [0, 0.1) is 0 Å². The van der Waals surface area contributed by atoms with Crippen molar-refractivity contribution in [3.05, 3.63) is 54.1 Å². The van der Waals surface area contributed by atoms with Gasteiger partial charge < -0.3 is 10.3 Å². The number of nitrogens with zero attached hydrogens (tertiary/aromatic N) is 2. The van der Waals surface area contributed by atoms with Crippen LogP contribution in [0.3, 0.4) is 0 Å². The molecule has 0 aliphatic carbocycles. The first-order valence-electron chi connectivity index (χ1n) is 5.60. The fourth-order valence-corrected chi connectivity index (χ4v) is 1.88. The van der Waals surface area contributed by atoms with E-state index in [1.165, 1.54) is 5.56 Å². The van der Waals surface area contributed by atoms with Crippen LogP contribution in [-0.4, -0.2) is 9.55 Å². The van der Waals surface area contributed by atoms with E-state index in [0.717, 1.165) is 18.7 Å². The van der Waals surface area contributed by atoms with Gasteiger partial charge in [-0.2, -0.15) is 0 Å². The smallest absolute Gasteiger partial charge is 0.0948 e. The van der Waals surface area contributed by atoms with Crippen molar-refractivity contribution in [2.75, 3.05) is 0 Å². The minimum absolute atomic E-state index is 0.0184. The van der Waals surface area contributed by atoms with Gasteiger partial charge in [-0.15, -0.1) is 0 Å². The maximum atomic E-state index is 6.19. The van der Waals surface area contributed by atoms with Crippen LogP contribution >= 0.6 is 0 Å². The Labute approximate surface area is 95.9 Å². The number of aryl methyl sites for hydroxylation is 1. The number of benzene rings is 1. The second-order valence-corrected chi connectivity index (χ2v) is 3.90. The summed E-state index contributed by atoms with van der Waals surface area (Å²) in [6.07, 6.45) is 4.55. The largest absolute Gasteiger partial charge is 0.333 e. The molecule has 0 unspecified atom stereocenters. The predicted octanol–water partition coefficient (Wildman–Crippen LogP) is 2.15. The maximum absolute atomic E-state index is 6.19. The lowest BCUT2D eigenvalue weighted by molar-refractivity contribution is 0.620. The third-order valence-corrected chi connectivity index (χ3v) is 2.76. The Hall–Kier alpha value is -1.61. The van der Waals surface area contributed by atoms with Crippen LogP contribution in [0.25, 0.3) is 0 Å². The highest BCUT2D eigenvalue weighted by atomic mass is 15.1. The predicted molar refractivity (Wildman–Crippen MR) is 65.0 cm³/mol. The molecule has 2 N–H and O–H groups in total. The average Bonchev–Trinajstić information content (AvgIpc) is 2.78. The fourth-order valence-electron chi connectivity index (χ4n) is 1.88. The van der Waals surface area contributed by atoms with Crippen molar-refractivity contribution >= 4 is 0 Å². The van der Waals surface area contributed by atoms with E-state index in [9.17, 15) is 0 Å². The van der Waals surface area contributed by atoms with Crippen LogP contribution in [0.15, 0.2) is 42.9 Å². The molecule has 0 spiro atoms. The molecule has 0 saturated carbocycles. The lowest BCUT2D eigenvalue weighted by atomic mass is 10.0. The van der Waals surface area contributed by atoms with Gasteiger partial charge in [0, 0.05) is 12.7 Å². The quantitative estimate of drug-likeness (QED) is 0.849. The zero-order valence-electron chi connectivity index (χ0n) is 9.50. The SMILES string of the molecule is CCn1cncc1[C@H](N)Cc1ccccc1. The van der Waals surface area contributed by atoms with Crippen LogP contribution < -0.4 is 5.73 Å². The minimum atomic E-state index is 0.0184. The van der Waals surface area contributed by atoms with Gasteiger partial charge in [0.2, 0.25) is 0 Å². The summed E-state index contributed by atoms with van der Waals surface area (Å²) in [6, 6.07) is 10.3. The Morgan fingerprint density at radius 3 is 2.75 bits per heavy atom. The zero-order valence-corrected chi connectivity index (χ0v) is 9.50. The molecule has 0 fully saturated rings. The van der Waals surface area contributed by atoms with Crippen molar-refractivity contribution in [2.24, 2.45) is 5.73 Å². The van der Waals surface area contributed by atoms with Gasteiger partial charge in [-0.1, -0.05) is 30.3 Å². The minimum Gasteiger partial charge on any atom is -0.333 e. The van der Waals surface area contributed by atoms with Gasteiger partial charge in [-0.05, 0) is 18.9 Å². The van der Waals surface area contributed by atoms with E-state index in [4.69, 9.17) is 5.73 Å². The molecule has 84 valence electrons. The monoisotopic (exact) mass is 215 g/mol. The molecule has 0 saturated heterocycles. The van der Waals surface area contributed by atoms with Crippen molar-refractivity contribution in [3.8, 4) is 0 Å². The highest BCUT2D eigenvalue weighted by molar-refractivity contribution is 5.18. The molecule has 1 atom stereocenters. The van der Waals surface area contributed by atoms with E-state index in [2.05, 4.69) is 28.6 Å². The van der Waals surface area contributed by atoms with E-state index >= 15 is 0 Å². The summed E-state index contributed by atoms with van der Waals surface area (Å²) in [4.78, 5) is 4.14. The summed E-state index contributed by atoms with van der Waals surface area (Å²) in [7, 11) is 0.